The minimum atomic E-state index is -2.75. The van der Waals surface area contributed by atoms with E-state index in [0.717, 1.165) is 23.3 Å². The number of nitrogens with zero attached hydrogens (tertiary/aromatic N) is 2. The van der Waals surface area contributed by atoms with Crippen molar-refractivity contribution in [3.05, 3.63) is 35.2 Å². The zero-order chi connectivity index (χ0) is 13.2. The highest BCUT2D eigenvalue weighted by molar-refractivity contribution is 5.40. The molecule has 1 aliphatic heterocycles. The first-order valence-corrected chi connectivity index (χ1v) is 5.82. The molecular formula is C12H11F2N3O2. The van der Waals surface area contributed by atoms with Gasteiger partial charge in [-0.2, -0.15) is 8.78 Å². The maximum atomic E-state index is 12.3. The van der Waals surface area contributed by atoms with Crippen LogP contribution in [0.1, 0.15) is 23.4 Å². The molecule has 1 aromatic carbocycles. The fraction of sp³-hybridized carbons (Fsp3) is 0.333. The monoisotopic (exact) mass is 267 g/mol. The summed E-state index contributed by atoms with van der Waals surface area (Å²) in [5.74, 6) is 0.228. The molecule has 0 amide bonds. The fourth-order valence-corrected chi connectivity index (χ4v) is 1.92. The van der Waals surface area contributed by atoms with Gasteiger partial charge in [-0.3, -0.25) is 0 Å². The number of hydrogen-bond donors (Lipinski definition) is 1. The van der Waals surface area contributed by atoms with Gasteiger partial charge in [0.2, 0.25) is 0 Å². The zero-order valence-electron chi connectivity index (χ0n) is 9.90. The van der Waals surface area contributed by atoms with Gasteiger partial charge in [0.25, 0.3) is 5.89 Å². The quantitative estimate of drug-likeness (QED) is 0.922. The van der Waals surface area contributed by atoms with E-state index in [4.69, 9.17) is 9.15 Å². The van der Waals surface area contributed by atoms with E-state index in [1.165, 1.54) is 0 Å². The fourth-order valence-electron chi connectivity index (χ4n) is 1.92. The largest absolute Gasteiger partial charge is 0.493 e. The molecule has 100 valence electrons. The first-order chi connectivity index (χ1) is 9.22. The third-order valence-electron chi connectivity index (χ3n) is 2.82. The molecule has 3 rings (SSSR count). The van der Waals surface area contributed by atoms with E-state index in [9.17, 15) is 8.78 Å². The number of alkyl halides is 2. The van der Waals surface area contributed by atoms with Crippen LogP contribution in [0.15, 0.2) is 22.6 Å². The van der Waals surface area contributed by atoms with Gasteiger partial charge in [-0.25, -0.2) is 0 Å². The van der Waals surface area contributed by atoms with Gasteiger partial charge < -0.3 is 14.5 Å². The van der Waals surface area contributed by atoms with Crippen molar-refractivity contribution in [2.24, 2.45) is 0 Å². The topological polar surface area (TPSA) is 60.2 Å². The van der Waals surface area contributed by atoms with Crippen LogP contribution in [0.4, 0.5) is 14.8 Å². The summed E-state index contributed by atoms with van der Waals surface area (Å²) in [6, 6.07) is 5.81. The Morgan fingerprint density at radius 1 is 1.32 bits per heavy atom. The Morgan fingerprint density at radius 2 is 2.21 bits per heavy atom. The highest BCUT2D eigenvalue weighted by Crippen LogP contribution is 2.26. The summed E-state index contributed by atoms with van der Waals surface area (Å²) < 4.78 is 34.7. The lowest BCUT2D eigenvalue weighted by Gasteiger charge is -2.04. The maximum Gasteiger partial charge on any atom is 0.315 e. The van der Waals surface area contributed by atoms with E-state index in [2.05, 4.69) is 15.5 Å². The third kappa shape index (κ3) is 2.49. The summed E-state index contributed by atoms with van der Waals surface area (Å²) in [7, 11) is 0. The number of halogens is 2. The molecule has 0 radical (unpaired) electrons. The second-order valence-corrected chi connectivity index (χ2v) is 4.14. The molecule has 1 aromatic heterocycles. The summed E-state index contributed by atoms with van der Waals surface area (Å²) in [5, 5.41) is 9.54. The summed E-state index contributed by atoms with van der Waals surface area (Å²) in [6.45, 7) is 1.13. The summed E-state index contributed by atoms with van der Waals surface area (Å²) in [5.41, 5.74) is 2.15. The number of aromatic nitrogens is 2. The van der Waals surface area contributed by atoms with Gasteiger partial charge in [-0.05, 0) is 17.2 Å². The molecule has 0 saturated heterocycles. The lowest BCUT2D eigenvalue weighted by Crippen LogP contribution is -1.99. The predicted molar refractivity (Wildman–Crippen MR) is 62.2 cm³/mol. The SMILES string of the molecule is FC(F)c1nnc(NCc2ccc3c(c2)CCO3)o1. The van der Waals surface area contributed by atoms with Crippen molar-refractivity contribution in [1.29, 1.82) is 0 Å². The highest BCUT2D eigenvalue weighted by atomic mass is 19.3. The van der Waals surface area contributed by atoms with Crippen LogP contribution in [0.25, 0.3) is 0 Å². The van der Waals surface area contributed by atoms with Crippen LogP contribution in [0.2, 0.25) is 0 Å². The first-order valence-electron chi connectivity index (χ1n) is 5.82. The van der Waals surface area contributed by atoms with E-state index < -0.39 is 12.3 Å². The molecule has 1 N–H and O–H groups in total. The molecule has 2 aromatic rings. The number of benzene rings is 1. The zero-order valence-corrected chi connectivity index (χ0v) is 9.90. The lowest BCUT2D eigenvalue weighted by molar-refractivity contribution is 0.116. The molecule has 0 atom stereocenters. The van der Waals surface area contributed by atoms with E-state index in [1.807, 2.05) is 18.2 Å². The molecule has 0 unspecified atom stereocenters. The van der Waals surface area contributed by atoms with Gasteiger partial charge in [-0.1, -0.05) is 17.2 Å². The highest BCUT2D eigenvalue weighted by Gasteiger charge is 2.16. The summed E-state index contributed by atoms with van der Waals surface area (Å²) >= 11 is 0. The smallest absolute Gasteiger partial charge is 0.315 e. The third-order valence-corrected chi connectivity index (χ3v) is 2.82. The minimum absolute atomic E-state index is 0.00736. The van der Waals surface area contributed by atoms with Crippen molar-refractivity contribution >= 4 is 6.01 Å². The average Bonchev–Trinajstić information content (AvgIpc) is 3.04. The lowest BCUT2D eigenvalue weighted by atomic mass is 10.1. The van der Waals surface area contributed by atoms with Crippen molar-refractivity contribution in [3.63, 3.8) is 0 Å². The minimum Gasteiger partial charge on any atom is -0.493 e. The Morgan fingerprint density at radius 3 is 3.00 bits per heavy atom. The Bertz CT molecular complexity index is 586. The molecule has 19 heavy (non-hydrogen) atoms. The van der Waals surface area contributed by atoms with Crippen molar-refractivity contribution in [1.82, 2.24) is 10.2 Å². The van der Waals surface area contributed by atoms with Crippen molar-refractivity contribution in [2.45, 2.75) is 19.4 Å². The van der Waals surface area contributed by atoms with Crippen LogP contribution < -0.4 is 10.1 Å². The van der Waals surface area contributed by atoms with Gasteiger partial charge >= 0.3 is 12.4 Å². The van der Waals surface area contributed by atoms with Crippen LogP contribution in [0.5, 0.6) is 5.75 Å². The number of rotatable bonds is 4. The molecule has 2 heterocycles. The Hall–Kier alpha value is -2.18. The molecule has 0 spiro atoms. The van der Waals surface area contributed by atoms with Crippen LogP contribution in [-0.4, -0.2) is 16.8 Å². The van der Waals surface area contributed by atoms with Crippen LogP contribution in [0.3, 0.4) is 0 Å². The van der Waals surface area contributed by atoms with Crippen LogP contribution >= 0.6 is 0 Å². The second-order valence-electron chi connectivity index (χ2n) is 4.14. The van der Waals surface area contributed by atoms with E-state index in [0.29, 0.717) is 13.2 Å². The number of fused-ring (bicyclic) bond motifs is 1. The second kappa shape index (κ2) is 4.83. The molecule has 0 aliphatic carbocycles. The maximum absolute atomic E-state index is 12.3. The first kappa shape index (κ1) is 11.9. The standard InChI is InChI=1S/C12H11F2N3O2/c13-10(14)11-16-17-12(19-11)15-6-7-1-2-9-8(5-7)3-4-18-9/h1-2,5,10H,3-4,6H2,(H,15,17). The Kier molecular flexibility index (Phi) is 3.02. The van der Waals surface area contributed by atoms with E-state index in [-0.39, 0.29) is 6.01 Å². The number of anilines is 1. The molecule has 0 saturated carbocycles. The van der Waals surface area contributed by atoms with E-state index >= 15 is 0 Å². The normalized spacial score (nSPS) is 13.4. The number of nitrogens with one attached hydrogen (secondary N) is 1. The van der Waals surface area contributed by atoms with Gasteiger partial charge in [0.05, 0.1) is 6.61 Å². The average molecular weight is 267 g/mol. The van der Waals surface area contributed by atoms with Gasteiger partial charge in [-0.15, -0.1) is 5.10 Å². The van der Waals surface area contributed by atoms with Crippen LogP contribution in [0, 0.1) is 0 Å². The van der Waals surface area contributed by atoms with Crippen molar-refractivity contribution in [3.8, 4) is 5.75 Å². The van der Waals surface area contributed by atoms with Crippen molar-refractivity contribution < 1.29 is 17.9 Å². The molecule has 0 fully saturated rings. The number of hydrogen-bond acceptors (Lipinski definition) is 5. The Labute approximate surface area is 107 Å². The molecule has 0 bridgehead atoms. The molecule has 1 aliphatic rings. The molecule has 7 heteroatoms. The summed E-state index contributed by atoms with van der Waals surface area (Å²) in [4.78, 5) is 0. The predicted octanol–water partition coefficient (Wildman–Crippen LogP) is 2.55. The van der Waals surface area contributed by atoms with Gasteiger partial charge in [0, 0.05) is 13.0 Å². The molecule has 5 nitrogen and oxygen atoms in total. The van der Waals surface area contributed by atoms with Crippen molar-refractivity contribution in [2.75, 3.05) is 11.9 Å². The molecular weight excluding hydrogens is 256 g/mol. The Balaban J connectivity index is 1.65. The number of ether oxygens (including phenoxy) is 1. The van der Waals surface area contributed by atoms with Crippen LogP contribution in [-0.2, 0) is 13.0 Å². The summed E-state index contributed by atoms with van der Waals surface area (Å²) in [6.07, 6.45) is -1.86. The van der Waals surface area contributed by atoms with Gasteiger partial charge in [0.1, 0.15) is 5.75 Å². The van der Waals surface area contributed by atoms with E-state index in [1.54, 1.807) is 0 Å². The van der Waals surface area contributed by atoms with Gasteiger partial charge in [0.15, 0.2) is 0 Å².